The Morgan fingerprint density at radius 2 is 2.25 bits per heavy atom. The van der Waals surface area contributed by atoms with Crippen LogP contribution in [0.2, 0.25) is 0 Å². The standard InChI is InChI=1S/C14H16N2O3S/c1-19-11-4-2-3-10(5-11)6-15-7-13(17)16-9-20-8-12(16)14(15)18/h2-5,12H,6-9H2,1H3. The van der Waals surface area contributed by atoms with Crippen LogP contribution in [0.1, 0.15) is 5.56 Å². The molecular weight excluding hydrogens is 276 g/mol. The van der Waals surface area contributed by atoms with Gasteiger partial charge in [-0.2, -0.15) is 0 Å². The van der Waals surface area contributed by atoms with Gasteiger partial charge in [-0.15, -0.1) is 11.8 Å². The highest BCUT2D eigenvalue weighted by atomic mass is 32.2. The minimum absolute atomic E-state index is 0.0440. The van der Waals surface area contributed by atoms with E-state index in [0.29, 0.717) is 18.2 Å². The molecule has 2 fully saturated rings. The third kappa shape index (κ3) is 2.35. The molecule has 0 N–H and O–H groups in total. The lowest BCUT2D eigenvalue weighted by molar-refractivity contribution is -0.153. The molecule has 1 aromatic carbocycles. The summed E-state index contributed by atoms with van der Waals surface area (Å²) >= 11 is 1.64. The van der Waals surface area contributed by atoms with E-state index in [4.69, 9.17) is 4.74 Å². The van der Waals surface area contributed by atoms with E-state index in [-0.39, 0.29) is 24.4 Å². The molecule has 2 saturated heterocycles. The van der Waals surface area contributed by atoms with Gasteiger partial charge in [0.2, 0.25) is 11.8 Å². The number of hydrogen-bond acceptors (Lipinski definition) is 4. The van der Waals surface area contributed by atoms with Crippen molar-refractivity contribution in [3.8, 4) is 5.75 Å². The second kappa shape index (κ2) is 5.36. The number of benzene rings is 1. The Morgan fingerprint density at radius 1 is 1.40 bits per heavy atom. The Hall–Kier alpha value is -1.69. The molecule has 20 heavy (non-hydrogen) atoms. The molecule has 1 unspecified atom stereocenters. The Balaban J connectivity index is 1.76. The summed E-state index contributed by atoms with van der Waals surface area (Å²) in [5.74, 6) is 2.21. The van der Waals surface area contributed by atoms with Gasteiger partial charge in [-0.25, -0.2) is 0 Å². The SMILES string of the molecule is COc1cccc(CN2CC(=O)N3CSCC3C2=O)c1. The van der Waals surface area contributed by atoms with Crippen LogP contribution in [0.3, 0.4) is 0 Å². The molecule has 2 aliphatic rings. The lowest BCUT2D eigenvalue weighted by Crippen LogP contribution is -2.57. The fourth-order valence-electron chi connectivity index (χ4n) is 2.56. The molecule has 6 heteroatoms. The highest BCUT2D eigenvalue weighted by Crippen LogP contribution is 2.27. The third-order valence-corrected chi connectivity index (χ3v) is 4.65. The molecule has 1 atom stereocenters. The van der Waals surface area contributed by atoms with Gasteiger partial charge >= 0.3 is 0 Å². The number of methoxy groups -OCH3 is 1. The number of nitrogens with zero attached hydrogens (tertiary/aromatic N) is 2. The topological polar surface area (TPSA) is 49.9 Å². The average molecular weight is 292 g/mol. The number of amides is 2. The van der Waals surface area contributed by atoms with Crippen LogP contribution in [0.25, 0.3) is 0 Å². The van der Waals surface area contributed by atoms with E-state index < -0.39 is 0 Å². The molecule has 5 nitrogen and oxygen atoms in total. The molecule has 2 aliphatic heterocycles. The van der Waals surface area contributed by atoms with Gasteiger partial charge in [0, 0.05) is 12.3 Å². The first kappa shape index (κ1) is 13.3. The minimum atomic E-state index is -0.271. The van der Waals surface area contributed by atoms with Gasteiger partial charge in [-0.3, -0.25) is 9.59 Å². The Morgan fingerprint density at radius 3 is 3.05 bits per heavy atom. The van der Waals surface area contributed by atoms with Crippen molar-refractivity contribution < 1.29 is 14.3 Å². The smallest absolute Gasteiger partial charge is 0.247 e. The summed E-state index contributed by atoms with van der Waals surface area (Å²) in [5, 5.41) is 0. The van der Waals surface area contributed by atoms with Crippen molar-refractivity contribution in [3.63, 3.8) is 0 Å². The number of ether oxygens (including phenoxy) is 1. The second-order valence-electron chi connectivity index (χ2n) is 4.93. The van der Waals surface area contributed by atoms with Crippen molar-refractivity contribution in [1.29, 1.82) is 0 Å². The van der Waals surface area contributed by atoms with E-state index in [2.05, 4.69) is 0 Å². The molecular formula is C14H16N2O3S. The van der Waals surface area contributed by atoms with Crippen LogP contribution in [0.5, 0.6) is 5.75 Å². The predicted molar refractivity (Wildman–Crippen MR) is 76.4 cm³/mol. The lowest BCUT2D eigenvalue weighted by Gasteiger charge is -2.35. The summed E-state index contributed by atoms with van der Waals surface area (Å²) < 4.78 is 5.18. The van der Waals surface area contributed by atoms with Crippen molar-refractivity contribution in [3.05, 3.63) is 29.8 Å². The van der Waals surface area contributed by atoms with Gasteiger partial charge in [-0.1, -0.05) is 12.1 Å². The van der Waals surface area contributed by atoms with E-state index in [9.17, 15) is 9.59 Å². The van der Waals surface area contributed by atoms with Crippen molar-refractivity contribution in [2.24, 2.45) is 0 Å². The van der Waals surface area contributed by atoms with Crippen LogP contribution in [0, 0.1) is 0 Å². The van der Waals surface area contributed by atoms with Crippen LogP contribution in [-0.2, 0) is 16.1 Å². The first-order valence-electron chi connectivity index (χ1n) is 6.48. The molecule has 0 saturated carbocycles. The summed E-state index contributed by atoms with van der Waals surface area (Å²) in [7, 11) is 1.61. The van der Waals surface area contributed by atoms with Gasteiger partial charge in [0.05, 0.1) is 13.0 Å². The monoisotopic (exact) mass is 292 g/mol. The molecule has 0 aromatic heterocycles. The number of piperazine rings is 1. The van der Waals surface area contributed by atoms with Crippen molar-refractivity contribution in [2.45, 2.75) is 12.6 Å². The second-order valence-corrected chi connectivity index (χ2v) is 5.92. The van der Waals surface area contributed by atoms with Crippen LogP contribution >= 0.6 is 11.8 Å². The van der Waals surface area contributed by atoms with Gasteiger partial charge < -0.3 is 14.5 Å². The zero-order valence-electron chi connectivity index (χ0n) is 11.2. The Kier molecular flexibility index (Phi) is 3.56. The zero-order chi connectivity index (χ0) is 14.1. The van der Waals surface area contributed by atoms with Crippen LogP contribution in [-0.4, -0.2) is 52.9 Å². The molecule has 2 heterocycles. The fraction of sp³-hybridized carbons (Fsp3) is 0.429. The van der Waals surface area contributed by atoms with Crippen LogP contribution in [0.15, 0.2) is 24.3 Å². The van der Waals surface area contributed by atoms with Crippen molar-refractivity contribution in [2.75, 3.05) is 25.3 Å². The predicted octanol–water partition coefficient (Wildman–Crippen LogP) is 0.939. The summed E-state index contributed by atoms with van der Waals surface area (Å²) in [6, 6.07) is 7.32. The number of carbonyl (C=O) groups is 2. The maximum Gasteiger partial charge on any atom is 0.247 e. The molecule has 3 rings (SSSR count). The van der Waals surface area contributed by atoms with Crippen molar-refractivity contribution >= 4 is 23.6 Å². The molecule has 0 aliphatic carbocycles. The normalized spacial score (nSPS) is 22.1. The number of carbonyl (C=O) groups excluding carboxylic acids is 2. The quantitative estimate of drug-likeness (QED) is 0.832. The molecule has 106 valence electrons. The number of hydrogen-bond donors (Lipinski definition) is 0. The van der Waals surface area contributed by atoms with E-state index in [1.54, 1.807) is 28.7 Å². The number of fused-ring (bicyclic) bond motifs is 1. The average Bonchev–Trinajstić information content (AvgIpc) is 2.95. The summed E-state index contributed by atoms with van der Waals surface area (Å²) in [5.41, 5.74) is 0.976. The summed E-state index contributed by atoms with van der Waals surface area (Å²) in [4.78, 5) is 27.8. The van der Waals surface area contributed by atoms with Crippen LogP contribution < -0.4 is 4.74 Å². The Bertz CT molecular complexity index is 549. The highest BCUT2D eigenvalue weighted by molar-refractivity contribution is 7.99. The van der Waals surface area contributed by atoms with E-state index in [1.807, 2.05) is 24.3 Å². The van der Waals surface area contributed by atoms with E-state index in [0.717, 1.165) is 11.3 Å². The van der Waals surface area contributed by atoms with Gasteiger partial charge in [-0.05, 0) is 17.7 Å². The molecule has 2 amide bonds. The summed E-state index contributed by atoms with van der Waals surface area (Å²) in [6.45, 7) is 0.629. The molecule has 0 bridgehead atoms. The number of thioether (sulfide) groups is 1. The van der Waals surface area contributed by atoms with E-state index >= 15 is 0 Å². The fourth-order valence-corrected chi connectivity index (χ4v) is 3.73. The van der Waals surface area contributed by atoms with E-state index in [1.165, 1.54) is 0 Å². The van der Waals surface area contributed by atoms with Crippen molar-refractivity contribution in [1.82, 2.24) is 9.80 Å². The minimum Gasteiger partial charge on any atom is -0.497 e. The highest BCUT2D eigenvalue weighted by Gasteiger charge is 2.42. The maximum absolute atomic E-state index is 12.4. The maximum atomic E-state index is 12.4. The summed E-state index contributed by atoms with van der Waals surface area (Å²) in [6.07, 6.45) is 0. The molecule has 1 aromatic rings. The zero-order valence-corrected chi connectivity index (χ0v) is 12.1. The molecule has 0 spiro atoms. The molecule has 0 radical (unpaired) electrons. The number of rotatable bonds is 3. The lowest BCUT2D eigenvalue weighted by atomic mass is 10.1. The van der Waals surface area contributed by atoms with Gasteiger partial charge in [0.25, 0.3) is 0 Å². The first-order chi connectivity index (χ1) is 9.69. The third-order valence-electron chi connectivity index (χ3n) is 3.63. The van der Waals surface area contributed by atoms with Gasteiger partial charge in [0.1, 0.15) is 18.3 Å². The largest absolute Gasteiger partial charge is 0.497 e. The van der Waals surface area contributed by atoms with Gasteiger partial charge in [0.15, 0.2) is 0 Å². The first-order valence-corrected chi connectivity index (χ1v) is 7.63. The van der Waals surface area contributed by atoms with Crippen LogP contribution in [0.4, 0.5) is 0 Å². The Labute approximate surface area is 121 Å².